The molecule has 0 bridgehead atoms. The van der Waals surface area contributed by atoms with Crippen LogP contribution in [-0.4, -0.2) is 42.4 Å². The van der Waals surface area contributed by atoms with Crippen LogP contribution in [0.4, 0.5) is 5.69 Å². The highest BCUT2D eigenvalue weighted by Crippen LogP contribution is 2.17. The fourth-order valence-electron chi connectivity index (χ4n) is 2.35. The van der Waals surface area contributed by atoms with Crippen LogP contribution in [0.15, 0.2) is 24.3 Å². The smallest absolute Gasteiger partial charge is 0.310 e. The zero-order valence-corrected chi connectivity index (χ0v) is 15.0. The van der Waals surface area contributed by atoms with Crippen molar-refractivity contribution in [3.63, 3.8) is 0 Å². The number of anilines is 1. The van der Waals surface area contributed by atoms with Gasteiger partial charge in [-0.2, -0.15) is 0 Å². The summed E-state index contributed by atoms with van der Waals surface area (Å²) in [6, 6.07) is 6.77. The summed E-state index contributed by atoms with van der Waals surface area (Å²) >= 11 is 0. The van der Waals surface area contributed by atoms with Crippen molar-refractivity contribution < 1.29 is 19.1 Å². The predicted molar refractivity (Wildman–Crippen MR) is 92.7 cm³/mol. The lowest BCUT2D eigenvalue weighted by Gasteiger charge is -2.30. The molecule has 0 saturated heterocycles. The van der Waals surface area contributed by atoms with Crippen LogP contribution < -0.4 is 5.32 Å². The van der Waals surface area contributed by atoms with E-state index in [1.54, 1.807) is 36.1 Å². The van der Waals surface area contributed by atoms with Crippen LogP contribution in [-0.2, 0) is 14.3 Å². The van der Waals surface area contributed by atoms with Gasteiger partial charge in [0.2, 0.25) is 5.91 Å². The van der Waals surface area contributed by atoms with Gasteiger partial charge >= 0.3 is 5.97 Å². The first-order chi connectivity index (χ1) is 11.3. The topological polar surface area (TPSA) is 75.7 Å². The normalized spacial score (nSPS) is 12.9. The van der Waals surface area contributed by atoms with Crippen LogP contribution in [0.3, 0.4) is 0 Å². The third-order valence-electron chi connectivity index (χ3n) is 3.89. The molecule has 2 unspecified atom stereocenters. The monoisotopic (exact) mass is 334 g/mol. The number of hydrogen-bond donors (Lipinski definition) is 1. The minimum Gasteiger partial charge on any atom is -0.469 e. The van der Waals surface area contributed by atoms with Crippen LogP contribution >= 0.6 is 0 Å². The fourth-order valence-corrected chi connectivity index (χ4v) is 2.35. The van der Waals surface area contributed by atoms with E-state index in [0.717, 1.165) is 6.42 Å². The van der Waals surface area contributed by atoms with Gasteiger partial charge in [-0.3, -0.25) is 14.4 Å². The number of carbonyl (C=O) groups excluding carboxylic acids is 3. The van der Waals surface area contributed by atoms with E-state index in [2.05, 4.69) is 5.32 Å². The van der Waals surface area contributed by atoms with Gasteiger partial charge in [-0.05, 0) is 31.5 Å². The summed E-state index contributed by atoms with van der Waals surface area (Å²) in [5.74, 6) is -1.13. The molecule has 132 valence electrons. The third kappa shape index (κ3) is 5.37. The average molecular weight is 334 g/mol. The van der Waals surface area contributed by atoms with E-state index in [1.165, 1.54) is 14.0 Å². The van der Waals surface area contributed by atoms with Gasteiger partial charge in [0.25, 0.3) is 5.91 Å². The van der Waals surface area contributed by atoms with Crippen molar-refractivity contribution in [3.05, 3.63) is 29.8 Å². The van der Waals surface area contributed by atoms with Crippen LogP contribution in [0.5, 0.6) is 0 Å². The Morgan fingerprint density at radius 1 is 1.25 bits per heavy atom. The van der Waals surface area contributed by atoms with Crippen molar-refractivity contribution in [2.45, 2.75) is 40.2 Å². The van der Waals surface area contributed by atoms with Crippen LogP contribution in [0, 0.1) is 5.92 Å². The molecule has 24 heavy (non-hydrogen) atoms. The molecule has 1 aromatic carbocycles. The van der Waals surface area contributed by atoms with Gasteiger partial charge in [0, 0.05) is 30.8 Å². The Morgan fingerprint density at radius 3 is 2.46 bits per heavy atom. The molecule has 0 aliphatic carbocycles. The van der Waals surface area contributed by atoms with Crippen molar-refractivity contribution in [2.24, 2.45) is 5.92 Å². The largest absolute Gasteiger partial charge is 0.469 e. The van der Waals surface area contributed by atoms with Crippen LogP contribution in [0.25, 0.3) is 0 Å². The molecular formula is C18H26N2O4. The molecule has 0 saturated carbocycles. The Morgan fingerprint density at radius 2 is 1.92 bits per heavy atom. The van der Waals surface area contributed by atoms with Crippen molar-refractivity contribution in [1.82, 2.24) is 4.90 Å². The summed E-state index contributed by atoms with van der Waals surface area (Å²) in [5.41, 5.74) is 1.04. The molecule has 2 atom stereocenters. The van der Waals surface area contributed by atoms with Crippen molar-refractivity contribution >= 4 is 23.5 Å². The van der Waals surface area contributed by atoms with E-state index in [4.69, 9.17) is 4.74 Å². The molecule has 0 aliphatic heterocycles. The molecule has 1 rings (SSSR count). The number of amides is 2. The molecule has 0 aliphatic rings. The molecule has 6 heteroatoms. The number of carbonyl (C=O) groups is 3. The zero-order chi connectivity index (χ0) is 18.3. The Bertz CT molecular complexity index is 600. The highest BCUT2D eigenvalue weighted by molar-refractivity contribution is 5.97. The van der Waals surface area contributed by atoms with Gasteiger partial charge in [-0.25, -0.2) is 0 Å². The SMILES string of the molecule is CCC(C)N(CC(C)C(=O)OC)C(=O)c1cccc(NC(C)=O)c1. The lowest BCUT2D eigenvalue weighted by molar-refractivity contribution is -0.145. The number of nitrogens with zero attached hydrogens (tertiary/aromatic N) is 1. The van der Waals surface area contributed by atoms with Crippen molar-refractivity contribution in [1.29, 1.82) is 0 Å². The van der Waals surface area contributed by atoms with E-state index in [1.807, 2.05) is 13.8 Å². The molecule has 0 heterocycles. The second-order valence-corrected chi connectivity index (χ2v) is 5.90. The van der Waals surface area contributed by atoms with Gasteiger partial charge < -0.3 is 15.0 Å². The third-order valence-corrected chi connectivity index (χ3v) is 3.89. The molecule has 1 aromatic rings. The lowest BCUT2D eigenvalue weighted by Crippen LogP contribution is -2.42. The first kappa shape index (κ1) is 19.7. The molecule has 0 spiro atoms. The average Bonchev–Trinajstić information content (AvgIpc) is 2.57. The quantitative estimate of drug-likeness (QED) is 0.778. The van der Waals surface area contributed by atoms with Gasteiger partial charge in [0.15, 0.2) is 0 Å². The minimum absolute atomic E-state index is 0.0194. The first-order valence-electron chi connectivity index (χ1n) is 8.06. The Labute approximate surface area is 143 Å². The van der Waals surface area contributed by atoms with E-state index in [-0.39, 0.29) is 30.4 Å². The lowest BCUT2D eigenvalue weighted by atomic mass is 10.1. The molecule has 0 aromatic heterocycles. The second-order valence-electron chi connectivity index (χ2n) is 5.90. The number of methoxy groups -OCH3 is 1. The standard InChI is InChI=1S/C18H26N2O4/c1-6-13(3)20(11-12(2)18(23)24-5)17(22)15-8-7-9-16(10-15)19-14(4)21/h7-10,12-13H,6,11H2,1-5H3,(H,19,21). The van der Waals surface area contributed by atoms with Crippen molar-refractivity contribution in [3.8, 4) is 0 Å². The Balaban J connectivity index is 3.03. The van der Waals surface area contributed by atoms with E-state index < -0.39 is 5.92 Å². The maximum atomic E-state index is 12.9. The summed E-state index contributed by atoms with van der Waals surface area (Å²) in [5, 5.41) is 2.67. The Hall–Kier alpha value is -2.37. The van der Waals surface area contributed by atoms with Gasteiger partial charge in [0.1, 0.15) is 0 Å². The predicted octanol–water partition coefficient (Wildman–Crippen LogP) is 2.69. The van der Waals surface area contributed by atoms with Crippen molar-refractivity contribution in [2.75, 3.05) is 19.0 Å². The van der Waals surface area contributed by atoms with Crippen LogP contribution in [0.1, 0.15) is 44.5 Å². The zero-order valence-electron chi connectivity index (χ0n) is 15.0. The van der Waals surface area contributed by atoms with E-state index in [0.29, 0.717) is 11.3 Å². The first-order valence-corrected chi connectivity index (χ1v) is 8.06. The minimum atomic E-state index is -0.411. The van der Waals surface area contributed by atoms with Gasteiger partial charge in [0.05, 0.1) is 13.0 Å². The van der Waals surface area contributed by atoms with Crippen LogP contribution in [0.2, 0.25) is 0 Å². The molecule has 0 radical (unpaired) electrons. The van der Waals surface area contributed by atoms with E-state index in [9.17, 15) is 14.4 Å². The molecule has 6 nitrogen and oxygen atoms in total. The Kier molecular flexibility index (Phi) is 7.42. The maximum absolute atomic E-state index is 12.9. The highest BCUT2D eigenvalue weighted by atomic mass is 16.5. The molecule has 0 fully saturated rings. The van der Waals surface area contributed by atoms with Gasteiger partial charge in [-0.15, -0.1) is 0 Å². The summed E-state index contributed by atoms with van der Waals surface area (Å²) in [7, 11) is 1.34. The van der Waals surface area contributed by atoms with Gasteiger partial charge in [-0.1, -0.05) is 19.9 Å². The van der Waals surface area contributed by atoms with E-state index >= 15 is 0 Å². The summed E-state index contributed by atoms with van der Waals surface area (Å²) in [6.45, 7) is 7.37. The fraction of sp³-hybridized carbons (Fsp3) is 0.500. The molecular weight excluding hydrogens is 308 g/mol. The highest BCUT2D eigenvalue weighted by Gasteiger charge is 2.25. The number of hydrogen-bond acceptors (Lipinski definition) is 4. The number of rotatable bonds is 7. The second kappa shape index (κ2) is 9.05. The number of esters is 1. The summed E-state index contributed by atoms with van der Waals surface area (Å²) in [6.07, 6.45) is 0.769. The number of ether oxygens (including phenoxy) is 1. The molecule has 2 amide bonds. The number of benzene rings is 1. The molecule has 1 N–H and O–H groups in total. The summed E-state index contributed by atoms with van der Waals surface area (Å²) in [4.78, 5) is 37.4. The number of nitrogens with one attached hydrogen (secondary N) is 1. The summed E-state index contributed by atoms with van der Waals surface area (Å²) < 4.78 is 4.75. The maximum Gasteiger partial charge on any atom is 0.310 e.